The van der Waals surface area contributed by atoms with Crippen LogP contribution in [0.15, 0.2) is 110 Å². The van der Waals surface area contributed by atoms with Crippen LogP contribution in [0.1, 0.15) is 15.9 Å². The van der Waals surface area contributed by atoms with E-state index in [1.54, 1.807) is 12.5 Å². The SMILES string of the molecule is O=C(NCc1cn(-c2ccccc2)nc1-c1ccccc1)c1ccc(-n2ccnc2)cc1. The molecule has 156 valence electrons. The van der Waals surface area contributed by atoms with E-state index in [1.807, 2.05) is 107 Å². The molecule has 0 aliphatic carbocycles. The third-order valence-corrected chi connectivity index (χ3v) is 5.23. The monoisotopic (exact) mass is 419 g/mol. The number of nitrogens with one attached hydrogen (secondary N) is 1. The van der Waals surface area contributed by atoms with Crippen molar-refractivity contribution in [2.24, 2.45) is 0 Å². The molecule has 2 heterocycles. The van der Waals surface area contributed by atoms with Crippen LogP contribution in [0.5, 0.6) is 0 Å². The number of benzene rings is 3. The van der Waals surface area contributed by atoms with Crippen LogP contribution >= 0.6 is 0 Å². The maximum Gasteiger partial charge on any atom is 0.251 e. The minimum absolute atomic E-state index is 0.131. The molecule has 0 aliphatic rings. The summed E-state index contributed by atoms with van der Waals surface area (Å²) in [4.78, 5) is 16.8. The number of hydrogen-bond donors (Lipinski definition) is 1. The summed E-state index contributed by atoms with van der Waals surface area (Å²) in [5, 5.41) is 7.83. The fourth-order valence-corrected chi connectivity index (χ4v) is 3.57. The van der Waals surface area contributed by atoms with E-state index in [-0.39, 0.29) is 5.91 Å². The fourth-order valence-electron chi connectivity index (χ4n) is 3.57. The zero-order chi connectivity index (χ0) is 21.8. The van der Waals surface area contributed by atoms with Gasteiger partial charge in [-0.25, -0.2) is 9.67 Å². The first-order valence-electron chi connectivity index (χ1n) is 10.3. The zero-order valence-corrected chi connectivity index (χ0v) is 17.3. The molecule has 0 bridgehead atoms. The summed E-state index contributed by atoms with van der Waals surface area (Å²) in [6.45, 7) is 0.374. The van der Waals surface area contributed by atoms with Crippen LogP contribution in [0.4, 0.5) is 0 Å². The van der Waals surface area contributed by atoms with Crippen molar-refractivity contribution >= 4 is 5.91 Å². The molecule has 6 nitrogen and oxygen atoms in total. The fraction of sp³-hybridized carbons (Fsp3) is 0.0385. The smallest absolute Gasteiger partial charge is 0.251 e. The maximum absolute atomic E-state index is 12.8. The van der Waals surface area contributed by atoms with Crippen LogP contribution in [0.3, 0.4) is 0 Å². The lowest BCUT2D eigenvalue weighted by molar-refractivity contribution is 0.0951. The molecule has 0 saturated carbocycles. The molecule has 32 heavy (non-hydrogen) atoms. The van der Waals surface area contributed by atoms with Crippen molar-refractivity contribution in [3.63, 3.8) is 0 Å². The van der Waals surface area contributed by atoms with E-state index < -0.39 is 0 Å². The summed E-state index contributed by atoms with van der Waals surface area (Å²) < 4.78 is 3.75. The van der Waals surface area contributed by atoms with Gasteiger partial charge in [0.25, 0.3) is 5.91 Å². The Labute approximate surface area is 185 Å². The molecule has 0 atom stereocenters. The number of imidazole rings is 1. The van der Waals surface area contributed by atoms with E-state index in [2.05, 4.69) is 10.3 Å². The quantitative estimate of drug-likeness (QED) is 0.436. The van der Waals surface area contributed by atoms with Gasteiger partial charge in [-0.15, -0.1) is 0 Å². The van der Waals surface area contributed by atoms with Crippen molar-refractivity contribution in [1.29, 1.82) is 0 Å². The molecule has 1 N–H and O–H groups in total. The molecule has 1 amide bonds. The highest BCUT2D eigenvalue weighted by molar-refractivity contribution is 5.94. The number of para-hydroxylation sites is 1. The Bertz CT molecular complexity index is 1310. The van der Waals surface area contributed by atoms with Crippen molar-refractivity contribution in [1.82, 2.24) is 24.6 Å². The summed E-state index contributed by atoms with van der Waals surface area (Å²) in [6, 6.07) is 27.4. The van der Waals surface area contributed by atoms with Gasteiger partial charge in [0, 0.05) is 47.5 Å². The summed E-state index contributed by atoms with van der Waals surface area (Å²) in [6.07, 6.45) is 7.29. The molecule has 0 radical (unpaired) electrons. The van der Waals surface area contributed by atoms with Crippen molar-refractivity contribution in [2.75, 3.05) is 0 Å². The second-order valence-corrected chi connectivity index (χ2v) is 7.35. The molecular formula is C26H21N5O. The third kappa shape index (κ3) is 4.06. The Morgan fingerprint density at radius 2 is 1.56 bits per heavy atom. The Balaban J connectivity index is 1.37. The number of carbonyl (C=O) groups excluding carboxylic acids is 1. The lowest BCUT2D eigenvalue weighted by Gasteiger charge is -2.07. The van der Waals surface area contributed by atoms with Crippen LogP contribution in [0, 0.1) is 0 Å². The zero-order valence-electron chi connectivity index (χ0n) is 17.3. The van der Waals surface area contributed by atoms with Gasteiger partial charge in [0.1, 0.15) is 0 Å². The highest BCUT2D eigenvalue weighted by Crippen LogP contribution is 2.23. The predicted molar refractivity (Wildman–Crippen MR) is 124 cm³/mol. The van der Waals surface area contributed by atoms with E-state index in [0.717, 1.165) is 28.2 Å². The Morgan fingerprint density at radius 3 is 2.25 bits per heavy atom. The molecule has 0 saturated heterocycles. The normalized spacial score (nSPS) is 10.8. The minimum atomic E-state index is -0.131. The third-order valence-electron chi connectivity index (χ3n) is 5.23. The molecule has 6 heteroatoms. The second kappa shape index (κ2) is 8.73. The van der Waals surface area contributed by atoms with Crippen LogP contribution in [-0.2, 0) is 6.54 Å². The molecule has 0 aliphatic heterocycles. The standard InChI is InChI=1S/C26H21N5O/c32-26(21-11-13-23(14-12-21)30-16-15-27-19-30)28-17-22-18-31(24-9-5-2-6-10-24)29-25(22)20-7-3-1-4-8-20/h1-16,18-19H,17H2,(H,28,32). The Hall–Kier alpha value is -4.45. The molecule has 0 fully saturated rings. The van der Waals surface area contributed by atoms with Gasteiger partial charge in [0.05, 0.1) is 17.7 Å². The topological polar surface area (TPSA) is 64.7 Å². The van der Waals surface area contributed by atoms with Gasteiger partial charge in [-0.3, -0.25) is 4.79 Å². The number of carbonyl (C=O) groups is 1. The number of aromatic nitrogens is 4. The average molecular weight is 419 g/mol. The first kappa shape index (κ1) is 19.5. The molecule has 0 unspecified atom stereocenters. The van der Waals surface area contributed by atoms with Crippen LogP contribution in [0.25, 0.3) is 22.6 Å². The molecular weight excluding hydrogens is 398 g/mol. The van der Waals surface area contributed by atoms with Gasteiger partial charge in [-0.2, -0.15) is 5.10 Å². The summed E-state index contributed by atoms with van der Waals surface area (Å²) >= 11 is 0. The van der Waals surface area contributed by atoms with Crippen molar-refractivity contribution in [2.45, 2.75) is 6.54 Å². The number of rotatable bonds is 6. The van der Waals surface area contributed by atoms with E-state index >= 15 is 0 Å². The van der Waals surface area contributed by atoms with E-state index in [4.69, 9.17) is 5.10 Å². The lowest BCUT2D eigenvalue weighted by atomic mass is 10.1. The summed E-state index contributed by atoms with van der Waals surface area (Å²) in [7, 11) is 0. The maximum atomic E-state index is 12.8. The largest absolute Gasteiger partial charge is 0.348 e. The van der Waals surface area contributed by atoms with E-state index in [9.17, 15) is 4.79 Å². The van der Waals surface area contributed by atoms with Gasteiger partial charge in [-0.05, 0) is 36.4 Å². The van der Waals surface area contributed by atoms with Crippen molar-refractivity contribution < 1.29 is 4.79 Å². The van der Waals surface area contributed by atoms with Crippen molar-refractivity contribution in [3.8, 4) is 22.6 Å². The Kier molecular flexibility index (Phi) is 5.32. The second-order valence-electron chi connectivity index (χ2n) is 7.35. The highest BCUT2D eigenvalue weighted by atomic mass is 16.1. The predicted octanol–water partition coefficient (Wildman–Crippen LogP) is 4.66. The number of amides is 1. The lowest BCUT2D eigenvalue weighted by Crippen LogP contribution is -2.22. The van der Waals surface area contributed by atoms with Gasteiger partial charge < -0.3 is 9.88 Å². The first-order valence-corrected chi connectivity index (χ1v) is 10.3. The van der Waals surface area contributed by atoms with Crippen LogP contribution < -0.4 is 5.32 Å². The molecule has 2 aromatic heterocycles. The molecule has 5 aromatic rings. The average Bonchev–Trinajstić information content (AvgIpc) is 3.54. The van der Waals surface area contributed by atoms with Crippen LogP contribution in [0.2, 0.25) is 0 Å². The van der Waals surface area contributed by atoms with Gasteiger partial charge in [0.15, 0.2) is 0 Å². The van der Waals surface area contributed by atoms with E-state index in [1.165, 1.54) is 0 Å². The van der Waals surface area contributed by atoms with Crippen LogP contribution in [-0.4, -0.2) is 25.2 Å². The van der Waals surface area contributed by atoms with E-state index in [0.29, 0.717) is 12.1 Å². The number of hydrogen-bond acceptors (Lipinski definition) is 3. The van der Waals surface area contributed by atoms with Gasteiger partial charge in [-0.1, -0.05) is 48.5 Å². The molecule has 5 rings (SSSR count). The molecule has 3 aromatic carbocycles. The summed E-state index contributed by atoms with van der Waals surface area (Å²) in [5.41, 5.74) is 5.34. The van der Waals surface area contributed by atoms with Gasteiger partial charge >= 0.3 is 0 Å². The summed E-state index contributed by atoms with van der Waals surface area (Å²) in [5.74, 6) is -0.131. The first-order chi connectivity index (χ1) is 15.8. The van der Waals surface area contributed by atoms with Gasteiger partial charge in [0.2, 0.25) is 0 Å². The minimum Gasteiger partial charge on any atom is -0.348 e. The van der Waals surface area contributed by atoms with Crippen molar-refractivity contribution in [3.05, 3.63) is 121 Å². The Morgan fingerprint density at radius 1 is 0.844 bits per heavy atom. The number of nitrogens with zero attached hydrogens (tertiary/aromatic N) is 4. The molecule has 0 spiro atoms. The highest BCUT2D eigenvalue weighted by Gasteiger charge is 2.14.